The van der Waals surface area contributed by atoms with Crippen molar-refractivity contribution in [2.24, 2.45) is 7.05 Å². The summed E-state index contributed by atoms with van der Waals surface area (Å²) < 4.78 is 1.83. The molecule has 1 aliphatic carbocycles. The standard InChI is InChI=1S/C13H21ClN2O/c1-3-10-12(14)11(16(2)15-10)9-13(17)7-5-4-6-8-13/h17H,3-9H2,1-2H3. The first kappa shape index (κ1) is 12.9. The maximum Gasteiger partial charge on any atom is 0.0850 e. The van der Waals surface area contributed by atoms with Crippen LogP contribution in [0.3, 0.4) is 0 Å². The van der Waals surface area contributed by atoms with Crippen LogP contribution in [-0.4, -0.2) is 20.5 Å². The summed E-state index contributed by atoms with van der Waals surface area (Å²) in [6.07, 6.45) is 6.72. The van der Waals surface area contributed by atoms with Crippen LogP contribution in [0.25, 0.3) is 0 Å². The van der Waals surface area contributed by atoms with E-state index in [1.807, 2.05) is 18.7 Å². The van der Waals surface area contributed by atoms with Crippen molar-refractivity contribution in [1.82, 2.24) is 9.78 Å². The lowest BCUT2D eigenvalue weighted by Crippen LogP contribution is -2.34. The van der Waals surface area contributed by atoms with E-state index in [9.17, 15) is 5.11 Å². The molecular weight excluding hydrogens is 236 g/mol. The van der Waals surface area contributed by atoms with Gasteiger partial charge in [-0.3, -0.25) is 4.68 Å². The number of aryl methyl sites for hydroxylation is 2. The lowest BCUT2D eigenvalue weighted by atomic mass is 9.81. The molecule has 1 N–H and O–H groups in total. The molecule has 0 atom stereocenters. The fraction of sp³-hybridized carbons (Fsp3) is 0.769. The molecule has 1 heterocycles. The summed E-state index contributed by atoms with van der Waals surface area (Å²) in [5, 5.41) is 15.7. The Morgan fingerprint density at radius 1 is 1.35 bits per heavy atom. The maximum atomic E-state index is 10.6. The predicted molar refractivity (Wildman–Crippen MR) is 69.3 cm³/mol. The molecule has 96 valence electrons. The minimum absolute atomic E-state index is 0.569. The first-order valence-corrected chi connectivity index (χ1v) is 6.86. The summed E-state index contributed by atoms with van der Waals surface area (Å²) in [7, 11) is 1.91. The molecule has 1 aliphatic rings. The van der Waals surface area contributed by atoms with Gasteiger partial charge in [0, 0.05) is 13.5 Å². The third-order valence-electron chi connectivity index (χ3n) is 3.78. The van der Waals surface area contributed by atoms with Crippen LogP contribution in [0.5, 0.6) is 0 Å². The van der Waals surface area contributed by atoms with Gasteiger partial charge in [0.2, 0.25) is 0 Å². The quantitative estimate of drug-likeness (QED) is 0.903. The molecule has 0 unspecified atom stereocenters. The number of nitrogens with zero attached hydrogens (tertiary/aromatic N) is 2. The van der Waals surface area contributed by atoms with Crippen molar-refractivity contribution in [3.8, 4) is 0 Å². The Labute approximate surface area is 108 Å². The molecule has 1 fully saturated rings. The lowest BCUT2D eigenvalue weighted by Gasteiger charge is -2.32. The molecule has 17 heavy (non-hydrogen) atoms. The zero-order valence-electron chi connectivity index (χ0n) is 10.7. The van der Waals surface area contributed by atoms with Gasteiger partial charge in [-0.1, -0.05) is 37.8 Å². The Morgan fingerprint density at radius 2 is 2.00 bits per heavy atom. The van der Waals surface area contributed by atoms with Crippen molar-refractivity contribution in [1.29, 1.82) is 0 Å². The molecule has 1 aromatic heterocycles. The van der Waals surface area contributed by atoms with Crippen LogP contribution in [0, 0.1) is 0 Å². The van der Waals surface area contributed by atoms with Gasteiger partial charge >= 0.3 is 0 Å². The monoisotopic (exact) mass is 256 g/mol. The summed E-state index contributed by atoms with van der Waals surface area (Å²) in [5.41, 5.74) is 1.34. The minimum Gasteiger partial charge on any atom is -0.389 e. The highest BCUT2D eigenvalue weighted by Gasteiger charge is 2.31. The molecule has 3 nitrogen and oxygen atoms in total. The second-order valence-corrected chi connectivity index (χ2v) is 5.52. The highest BCUT2D eigenvalue weighted by molar-refractivity contribution is 6.31. The van der Waals surface area contributed by atoms with Crippen molar-refractivity contribution < 1.29 is 5.11 Å². The van der Waals surface area contributed by atoms with Gasteiger partial charge in [-0.05, 0) is 19.3 Å². The van der Waals surface area contributed by atoms with Gasteiger partial charge in [-0.2, -0.15) is 5.10 Å². The summed E-state index contributed by atoms with van der Waals surface area (Å²) in [6.45, 7) is 2.05. The Hall–Kier alpha value is -0.540. The van der Waals surface area contributed by atoms with Crippen LogP contribution in [-0.2, 0) is 19.9 Å². The van der Waals surface area contributed by atoms with Gasteiger partial charge < -0.3 is 5.11 Å². The van der Waals surface area contributed by atoms with Crippen LogP contribution in [0.2, 0.25) is 5.02 Å². The zero-order chi connectivity index (χ0) is 12.5. The number of aliphatic hydroxyl groups is 1. The second kappa shape index (κ2) is 4.99. The van der Waals surface area contributed by atoms with Gasteiger partial charge in [0.25, 0.3) is 0 Å². The summed E-state index contributed by atoms with van der Waals surface area (Å²) in [5.74, 6) is 0. The zero-order valence-corrected chi connectivity index (χ0v) is 11.4. The summed E-state index contributed by atoms with van der Waals surface area (Å²) in [4.78, 5) is 0. The van der Waals surface area contributed by atoms with E-state index in [1.54, 1.807) is 0 Å². The fourth-order valence-corrected chi connectivity index (χ4v) is 3.07. The average molecular weight is 257 g/mol. The van der Waals surface area contributed by atoms with E-state index in [0.29, 0.717) is 6.42 Å². The Kier molecular flexibility index (Phi) is 3.79. The Morgan fingerprint density at radius 3 is 2.53 bits per heavy atom. The second-order valence-electron chi connectivity index (χ2n) is 5.15. The molecule has 0 saturated heterocycles. The highest BCUT2D eigenvalue weighted by atomic mass is 35.5. The van der Waals surface area contributed by atoms with E-state index >= 15 is 0 Å². The molecule has 0 spiro atoms. The topological polar surface area (TPSA) is 38.0 Å². The largest absolute Gasteiger partial charge is 0.389 e. The van der Waals surface area contributed by atoms with Crippen molar-refractivity contribution >= 4 is 11.6 Å². The number of halogens is 1. The number of aromatic nitrogens is 2. The minimum atomic E-state index is -0.569. The Bertz CT molecular complexity index is 394. The number of rotatable bonds is 3. The first-order valence-electron chi connectivity index (χ1n) is 6.48. The summed E-state index contributed by atoms with van der Waals surface area (Å²) >= 11 is 6.32. The molecule has 0 bridgehead atoms. The molecule has 0 radical (unpaired) electrons. The molecule has 0 aromatic carbocycles. The lowest BCUT2D eigenvalue weighted by molar-refractivity contribution is 0.00295. The number of hydrogen-bond acceptors (Lipinski definition) is 2. The molecular formula is C13H21ClN2O. The fourth-order valence-electron chi connectivity index (χ4n) is 2.71. The van der Waals surface area contributed by atoms with E-state index < -0.39 is 5.60 Å². The first-order chi connectivity index (χ1) is 8.06. The number of hydrogen-bond donors (Lipinski definition) is 1. The molecule has 0 amide bonds. The average Bonchev–Trinajstić information content (AvgIpc) is 2.57. The van der Waals surface area contributed by atoms with Crippen LogP contribution in [0.15, 0.2) is 0 Å². The van der Waals surface area contributed by atoms with Crippen LogP contribution >= 0.6 is 11.6 Å². The highest BCUT2D eigenvalue weighted by Crippen LogP contribution is 2.33. The van der Waals surface area contributed by atoms with Gasteiger partial charge in [-0.15, -0.1) is 0 Å². The van der Waals surface area contributed by atoms with Crippen molar-refractivity contribution in [3.63, 3.8) is 0 Å². The van der Waals surface area contributed by atoms with E-state index in [4.69, 9.17) is 11.6 Å². The molecule has 1 aromatic rings. The SMILES string of the molecule is CCc1nn(C)c(CC2(O)CCCCC2)c1Cl. The normalized spacial score (nSPS) is 19.5. The van der Waals surface area contributed by atoms with Crippen LogP contribution in [0.4, 0.5) is 0 Å². The third kappa shape index (κ3) is 2.66. The molecule has 1 saturated carbocycles. The molecule has 0 aliphatic heterocycles. The maximum absolute atomic E-state index is 10.6. The van der Waals surface area contributed by atoms with Gasteiger partial charge in [0.05, 0.1) is 22.0 Å². The van der Waals surface area contributed by atoms with E-state index in [-0.39, 0.29) is 0 Å². The third-order valence-corrected chi connectivity index (χ3v) is 4.22. The molecule has 4 heteroatoms. The smallest absolute Gasteiger partial charge is 0.0850 e. The van der Waals surface area contributed by atoms with E-state index in [2.05, 4.69) is 5.10 Å². The van der Waals surface area contributed by atoms with Gasteiger partial charge in [0.1, 0.15) is 0 Å². The molecule has 2 rings (SSSR count). The van der Waals surface area contributed by atoms with E-state index in [0.717, 1.165) is 48.5 Å². The summed E-state index contributed by atoms with van der Waals surface area (Å²) in [6, 6.07) is 0. The van der Waals surface area contributed by atoms with Crippen molar-refractivity contribution in [2.45, 2.75) is 57.5 Å². The van der Waals surface area contributed by atoms with Crippen LogP contribution in [0.1, 0.15) is 50.4 Å². The van der Waals surface area contributed by atoms with Crippen LogP contribution < -0.4 is 0 Å². The Balaban J connectivity index is 2.20. The predicted octanol–water partition coefficient (Wildman–Crippen LogP) is 2.87. The van der Waals surface area contributed by atoms with E-state index in [1.165, 1.54) is 6.42 Å². The van der Waals surface area contributed by atoms with Gasteiger partial charge in [-0.25, -0.2) is 0 Å². The van der Waals surface area contributed by atoms with Crippen molar-refractivity contribution in [2.75, 3.05) is 0 Å². The van der Waals surface area contributed by atoms with Gasteiger partial charge in [0.15, 0.2) is 0 Å². The van der Waals surface area contributed by atoms with Crippen molar-refractivity contribution in [3.05, 3.63) is 16.4 Å².